The largest absolute Gasteiger partial charge is 0.340 e. The zero-order valence-electron chi connectivity index (χ0n) is 14.7. The number of hydrogen-bond donors (Lipinski definition) is 2. The Kier molecular flexibility index (Phi) is 6.27. The number of halogens is 1. The highest BCUT2D eigenvalue weighted by molar-refractivity contribution is 7.10. The summed E-state index contributed by atoms with van der Waals surface area (Å²) in [4.78, 5) is 25.5. The van der Waals surface area contributed by atoms with Gasteiger partial charge < -0.3 is 10.6 Å². The molecule has 2 aromatic carbocycles. The molecule has 3 rings (SSSR count). The molecule has 3 aromatic rings. The Bertz CT molecular complexity index is 924. The predicted octanol–water partition coefficient (Wildman–Crippen LogP) is 5.27. The summed E-state index contributed by atoms with van der Waals surface area (Å²) >= 11 is 7.57. The Morgan fingerprint density at radius 3 is 2.52 bits per heavy atom. The van der Waals surface area contributed by atoms with Crippen LogP contribution in [0.5, 0.6) is 0 Å². The van der Waals surface area contributed by atoms with Crippen LogP contribution in [0.1, 0.15) is 40.2 Å². The van der Waals surface area contributed by atoms with E-state index in [1.807, 2.05) is 41.8 Å². The summed E-state index contributed by atoms with van der Waals surface area (Å²) in [6.45, 7) is 1.78. The first-order valence-electron chi connectivity index (χ1n) is 8.56. The number of amides is 2. The molecule has 4 nitrogen and oxygen atoms in total. The molecule has 27 heavy (non-hydrogen) atoms. The van der Waals surface area contributed by atoms with E-state index in [0.717, 1.165) is 10.4 Å². The number of nitrogens with one attached hydrogen (secondary N) is 2. The number of thiophene rings is 1. The molecule has 6 heteroatoms. The van der Waals surface area contributed by atoms with Gasteiger partial charge in [0.25, 0.3) is 5.91 Å². The van der Waals surface area contributed by atoms with E-state index in [-0.39, 0.29) is 17.9 Å². The highest BCUT2D eigenvalue weighted by Crippen LogP contribution is 2.27. The molecule has 1 heterocycles. The van der Waals surface area contributed by atoms with Crippen molar-refractivity contribution in [1.82, 2.24) is 5.32 Å². The molecule has 0 radical (unpaired) electrons. The second-order valence-corrected chi connectivity index (χ2v) is 7.37. The van der Waals surface area contributed by atoms with Crippen molar-refractivity contribution in [1.29, 1.82) is 0 Å². The minimum absolute atomic E-state index is 0.0924. The Hall–Kier alpha value is -2.63. The van der Waals surface area contributed by atoms with Gasteiger partial charge in [-0.25, -0.2) is 0 Å². The van der Waals surface area contributed by atoms with E-state index in [0.29, 0.717) is 22.7 Å². The summed E-state index contributed by atoms with van der Waals surface area (Å²) in [5, 5.41) is 8.48. The lowest BCUT2D eigenvalue weighted by Crippen LogP contribution is -2.28. The normalized spacial score (nSPS) is 11.6. The highest BCUT2D eigenvalue weighted by atomic mass is 35.5. The fourth-order valence-electron chi connectivity index (χ4n) is 2.63. The molecule has 1 unspecified atom stereocenters. The first-order valence-corrected chi connectivity index (χ1v) is 9.82. The summed E-state index contributed by atoms with van der Waals surface area (Å²) in [6, 6.07) is 18.0. The number of carbonyl (C=O) groups excluding carboxylic acids is 2. The maximum Gasteiger partial charge on any atom is 0.252 e. The van der Waals surface area contributed by atoms with Crippen molar-refractivity contribution >= 4 is 40.4 Å². The van der Waals surface area contributed by atoms with Crippen LogP contribution in [0.3, 0.4) is 0 Å². The lowest BCUT2D eigenvalue weighted by atomic mass is 10.0. The standard InChI is InChI=1S/C21H19ClN2O2S/c1-2-19(25)23-17-6-3-5-15(13-17)21(26)24-20(18-7-4-12-27-18)14-8-10-16(22)11-9-14/h3-13,20H,2H2,1H3,(H,23,25)(H,24,26). The van der Waals surface area contributed by atoms with Gasteiger partial charge in [-0.05, 0) is 47.3 Å². The smallest absolute Gasteiger partial charge is 0.252 e. The van der Waals surface area contributed by atoms with Gasteiger partial charge >= 0.3 is 0 Å². The number of carbonyl (C=O) groups is 2. The first kappa shape index (κ1) is 19.1. The first-order chi connectivity index (χ1) is 13.1. The van der Waals surface area contributed by atoms with Crippen LogP contribution in [-0.2, 0) is 4.79 Å². The second kappa shape index (κ2) is 8.84. The third-order valence-electron chi connectivity index (χ3n) is 4.04. The Morgan fingerprint density at radius 2 is 1.85 bits per heavy atom. The van der Waals surface area contributed by atoms with Gasteiger partial charge in [-0.2, -0.15) is 0 Å². The van der Waals surface area contributed by atoms with Crippen LogP contribution < -0.4 is 10.6 Å². The average molecular weight is 399 g/mol. The maximum atomic E-state index is 12.9. The summed E-state index contributed by atoms with van der Waals surface area (Å²) in [7, 11) is 0. The van der Waals surface area contributed by atoms with E-state index in [2.05, 4.69) is 10.6 Å². The lowest BCUT2D eigenvalue weighted by molar-refractivity contribution is -0.115. The molecule has 0 bridgehead atoms. The summed E-state index contributed by atoms with van der Waals surface area (Å²) in [5.41, 5.74) is 2.04. The van der Waals surface area contributed by atoms with Gasteiger partial charge in [0.2, 0.25) is 5.91 Å². The minimum Gasteiger partial charge on any atom is -0.340 e. The molecule has 1 atom stereocenters. The zero-order chi connectivity index (χ0) is 19.2. The fourth-order valence-corrected chi connectivity index (χ4v) is 3.56. The van der Waals surface area contributed by atoms with Gasteiger partial charge in [0.05, 0.1) is 6.04 Å². The van der Waals surface area contributed by atoms with E-state index >= 15 is 0 Å². The molecule has 0 spiro atoms. The molecule has 0 aliphatic rings. The van der Waals surface area contributed by atoms with Crippen molar-refractivity contribution in [2.75, 3.05) is 5.32 Å². The van der Waals surface area contributed by atoms with Crippen molar-refractivity contribution < 1.29 is 9.59 Å². The Morgan fingerprint density at radius 1 is 1.07 bits per heavy atom. The summed E-state index contributed by atoms with van der Waals surface area (Å²) in [5.74, 6) is -0.305. The van der Waals surface area contributed by atoms with Gasteiger partial charge in [-0.1, -0.05) is 42.8 Å². The molecule has 1 aromatic heterocycles. The van der Waals surface area contributed by atoms with Crippen LogP contribution in [0, 0.1) is 0 Å². The molecule has 0 saturated heterocycles. The molecule has 0 saturated carbocycles. The fraction of sp³-hybridized carbons (Fsp3) is 0.143. The van der Waals surface area contributed by atoms with Crippen LogP contribution in [0.25, 0.3) is 0 Å². The van der Waals surface area contributed by atoms with Gasteiger partial charge in [0.15, 0.2) is 0 Å². The summed E-state index contributed by atoms with van der Waals surface area (Å²) in [6.07, 6.45) is 0.382. The maximum absolute atomic E-state index is 12.9. The van der Waals surface area contributed by atoms with Gasteiger partial charge in [0, 0.05) is 27.6 Å². The number of hydrogen-bond acceptors (Lipinski definition) is 3. The molecule has 2 N–H and O–H groups in total. The highest BCUT2D eigenvalue weighted by Gasteiger charge is 2.19. The van der Waals surface area contributed by atoms with E-state index in [1.54, 1.807) is 42.5 Å². The Balaban J connectivity index is 1.84. The number of benzene rings is 2. The Labute approximate surface area is 167 Å². The zero-order valence-corrected chi connectivity index (χ0v) is 16.3. The van der Waals surface area contributed by atoms with Gasteiger partial charge in [-0.15, -0.1) is 11.3 Å². The lowest BCUT2D eigenvalue weighted by Gasteiger charge is -2.18. The average Bonchev–Trinajstić information content (AvgIpc) is 3.21. The molecule has 138 valence electrons. The predicted molar refractivity (Wildman–Crippen MR) is 110 cm³/mol. The minimum atomic E-state index is -0.274. The quantitative estimate of drug-likeness (QED) is 0.594. The third-order valence-corrected chi connectivity index (χ3v) is 5.23. The van der Waals surface area contributed by atoms with Crippen molar-refractivity contribution in [2.45, 2.75) is 19.4 Å². The van der Waals surface area contributed by atoms with Crippen molar-refractivity contribution in [3.63, 3.8) is 0 Å². The van der Waals surface area contributed by atoms with Crippen molar-refractivity contribution in [2.24, 2.45) is 0 Å². The topological polar surface area (TPSA) is 58.2 Å². The molecule has 0 fully saturated rings. The van der Waals surface area contributed by atoms with Crippen LogP contribution in [0.15, 0.2) is 66.0 Å². The molecule has 0 aliphatic heterocycles. The van der Waals surface area contributed by atoms with E-state index in [1.165, 1.54) is 0 Å². The second-order valence-electron chi connectivity index (χ2n) is 5.96. The number of anilines is 1. The summed E-state index contributed by atoms with van der Waals surface area (Å²) < 4.78 is 0. The monoisotopic (exact) mass is 398 g/mol. The van der Waals surface area contributed by atoms with Crippen LogP contribution in [-0.4, -0.2) is 11.8 Å². The van der Waals surface area contributed by atoms with Crippen LogP contribution >= 0.6 is 22.9 Å². The molecule has 2 amide bonds. The van der Waals surface area contributed by atoms with Crippen LogP contribution in [0.2, 0.25) is 5.02 Å². The van der Waals surface area contributed by atoms with Gasteiger partial charge in [0.1, 0.15) is 0 Å². The van der Waals surface area contributed by atoms with E-state index in [4.69, 9.17) is 11.6 Å². The SMILES string of the molecule is CCC(=O)Nc1cccc(C(=O)NC(c2ccc(Cl)cc2)c2cccs2)c1. The molecular weight excluding hydrogens is 380 g/mol. The van der Waals surface area contributed by atoms with Gasteiger partial charge in [-0.3, -0.25) is 9.59 Å². The molecular formula is C21H19ClN2O2S. The van der Waals surface area contributed by atoms with E-state index in [9.17, 15) is 9.59 Å². The van der Waals surface area contributed by atoms with E-state index < -0.39 is 0 Å². The van der Waals surface area contributed by atoms with Crippen molar-refractivity contribution in [3.05, 3.63) is 87.1 Å². The third kappa shape index (κ3) is 4.96. The number of rotatable bonds is 6. The van der Waals surface area contributed by atoms with Crippen molar-refractivity contribution in [3.8, 4) is 0 Å². The molecule has 0 aliphatic carbocycles. The van der Waals surface area contributed by atoms with Crippen LogP contribution in [0.4, 0.5) is 5.69 Å².